The first-order valence-corrected chi connectivity index (χ1v) is 27.8. The largest absolute Gasteiger partial charge is 0.472 e. The van der Waals surface area contributed by atoms with Crippen LogP contribution in [0.4, 0.5) is 0 Å². The van der Waals surface area contributed by atoms with Gasteiger partial charge in [0.05, 0.1) is 27.7 Å². The lowest BCUT2D eigenvalue weighted by molar-refractivity contribution is -0.870. The summed E-state index contributed by atoms with van der Waals surface area (Å²) in [6.07, 6.45) is 68.3. The van der Waals surface area contributed by atoms with E-state index in [1.807, 2.05) is 27.2 Å². The molecule has 1 N–H and O–H groups in total. The zero-order chi connectivity index (χ0) is 49.9. The number of ether oxygens (including phenoxy) is 2. The Morgan fingerprint density at radius 3 is 1.29 bits per heavy atom. The smallest absolute Gasteiger partial charge is 0.462 e. The maximum atomic E-state index is 12.8. The minimum Gasteiger partial charge on any atom is -0.462 e. The van der Waals surface area contributed by atoms with Crippen molar-refractivity contribution in [2.75, 3.05) is 47.5 Å². The molecule has 0 aromatic heterocycles. The van der Waals surface area contributed by atoms with Gasteiger partial charge in [0.1, 0.15) is 19.8 Å². The van der Waals surface area contributed by atoms with E-state index in [1.54, 1.807) is 0 Å². The van der Waals surface area contributed by atoms with Crippen LogP contribution in [0.5, 0.6) is 0 Å². The summed E-state index contributed by atoms with van der Waals surface area (Å²) in [6, 6.07) is 0. The molecule has 0 rings (SSSR count). The molecule has 0 amide bonds. The van der Waals surface area contributed by atoms with E-state index in [4.69, 9.17) is 18.5 Å². The van der Waals surface area contributed by atoms with Crippen molar-refractivity contribution < 1.29 is 42.1 Å². The van der Waals surface area contributed by atoms with Crippen molar-refractivity contribution >= 4 is 19.8 Å². The van der Waals surface area contributed by atoms with Crippen LogP contribution >= 0.6 is 7.82 Å². The van der Waals surface area contributed by atoms with E-state index in [1.165, 1.54) is 38.5 Å². The third-order valence-electron chi connectivity index (χ3n) is 10.5. The van der Waals surface area contributed by atoms with Crippen LogP contribution in [0.3, 0.4) is 0 Å². The third kappa shape index (κ3) is 51.8. The topological polar surface area (TPSA) is 108 Å². The van der Waals surface area contributed by atoms with Crippen molar-refractivity contribution in [3.05, 3.63) is 122 Å². The van der Waals surface area contributed by atoms with Crippen LogP contribution in [0, 0.1) is 0 Å². The summed E-state index contributed by atoms with van der Waals surface area (Å²) >= 11 is 0. The van der Waals surface area contributed by atoms with E-state index >= 15 is 0 Å². The number of quaternary nitrogens is 1. The molecule has 9 nitrogen and oxygen atoms in total. The highest BCUT2D eigenvalue weighted by atomic mass is 31.2. The number of carbonyl (C=O) groups excluding carboxylic acids is 2. The van der Waals surface area contributed by atoms with Crippen molar-refractivity contribution in [2.24, 2.45) is 0 Å². The summed E-state index contributed by atoms with van der Waals surface area (Å²) in [6.45, 7) is 4.20. The molecule has 0 aliphatic carbocycles. The second kappa shape index (κ2) is 48.4. The normalized spacial score (nSPS) is 14.4. The molecule has 2 atom stereocenters. The predicted octanol–water partition coefficient (Wildman–Crippen LogP) is 16.0. The van der Waals surface area contributed by atoms with Crippen LogP contribution in [-0.2, 0) is 32.7 Å². The summed E-state index contributed by atoms with van der Waals surface area (Å²) < 4.78 is 34.4. The molecule has 0 saturated carbocycles. The average Bonchev–Trinajstić information content (AvgIpc) is 3.30. The number of phosphoric acid groups is 1. The molecule has 0 spiro atoms. The van der Waals surface area contributed by atoms with Gasteiger partial charge >= 0.3 is 19.8 Å². The number of esters is 2. The quantitative estimate of drug-likeness (QED) is 0.0211. The first-order valence-electron chi connectivity index (χ1n) is 26.3. The van der Waals surface area contributed by atoms with E-state index in [0.717, 1.165) is 96.3 Å². The van der Waals surface area contributed by atoms with Crippen LogP contribution in [0.25, 0.3) is 0 Å². The van der Waals surface area contributed by atoms with Gasteiger partial charge < -0.3 is 18.9 Å². The molecule has 10 heteroatoms. The monoisotopic (exact) mass is 967 g/mol. The number of unbranched alkanes of at least 4 members (excludes halogenated alkanes) is 12. The standard InChI is InChI=1S/C58H96NO8P/c1-6-8-10-12-14-16-18-20-22-24-26-28-29-31-33-35-37-39-41-43-45-47-49-51-58(61)67-56(55-66-68(62,63)65-53-52-59(3,4)5)54-64-57(60)50-48-46-44-42-40-38-36-34-32-30-27-25-23-21-19-17-15-13-11-9-7-2/h8,10,14,16,19-22,25-28,31-34,37,39,43,45,56H,6-7,9,11-13,15,17-18,23-24,29-30,35-36,38,40-42,44,46-55H2,1-5H3/p+1/b10-8-,16-14-,21-19-,22-20-,27-25-,28-26-,33-31-,34-32-,39-37-,45-43-. The van der Waals surface area contributed by atoms with Gasteiger partial charge in [-0.1, -0.05) is 187 Å². The molecule has 2 unspecified atom stereocenters. The molecule has 386 valence electrons. The lowest BCUT2D eigenvalue weighted by Crippen LogP contribution is -2.37. The average molecular weight is 967 g/mol. The van der Waals surface area contributed by atoms with Crippen LogP contribution in [0.15, 0.2) is 122 Å². The highest BCUT2D eigenvalue weighted by Gasteiger charge is 2.27. The summed E-state index contributed by atoms with van der Waals surface area (Å²) in [5, 5.41) is 0. The molecule has 0 radical (unpaired) electrons. The number of carbonyl (C=O) groups is 2. The van der Waals surface area contributed by atoms with E-state index in [-0.39, 0.29) is 26.1 Å². The predicted molar refractivity (Wildman–Crippen MR) is 288 cm³/mol. The van der Waals surface area contributed by atoms with E-state index < -0.39 is 32.5 Å². The van der Waals surface area contributed by atoms with Crippen LogP contribution in [-0.4, -0.2) is 74.9 Å². The van der Waals surface area contributed by atoms with Crippen LogP contribution in [0.2, 0.25) is 0 Å². The van der Waals surface area contributed by atoms with E-state index in [9.17, 15) is 19.0 Å². The lowest BCUT2D eigenvalue weighted by atomic mass is 10.1. The third-order valence-corrected chi connectivity index (χ3v) is 11.5. The molecule has 0 aliphatic heterocycles. The minimum absolute atomic E-state index is 0.0109. The van der Waals surface area contributed by atoms with Crippen molar-refractivity contribution in [3.63, 3.8) is 0 Å². The molecule has 0 aliphatic rings. The molecule has 0 aromatic rings. The van der Waals surface area contributed by atoms with E-state index in [0.29, 0.717) is 30.3 Å². The Bertz CT molecular complexity index is 1560. The second-order valence-electron chi connectivity index (χ2n) is 18.2. The summed E-state index contributed by atoms with van der Waals surface area (Å²) in [4.78, 5) is 35.6. The Hall–Kier alpha value is -3.59. The molecule has 0 heterocycles. The second-order valence-corrected chi connectivity index (χ2v) is 19.6. The molecule has 0 aromatic carbocycles. The Labute approximate surface area is 416 Å². The first-order chi connectivity index (χ1) is 33.0. The van der Waals surface area contributed by atoms with Crippen molar-refractivity contribution in [1.29, 1.82) is 0 Å². The van der Waals surface area contributed by atoms with Gasteiger partial charge in [-0.05, 0) is 103 Å². The van der Waals surface area contributed by atoms with Gasteiger partial charge in [0.25, 0.3) is 0 Å². The molecule has 0 fully saturated rings. The molecule has 68 heavy (non-hydrogen) atoms. The fourth-order valence-electron chi connectivity index (χ4n) is 6.42. The van der Waals surface area contributed by atoms with Crippen LogP contribution < -0.4 is 0 Å². The summed E-state index contributed by atoms with van der Waals surface area (Å²) in [5.41, 5.74) is 0. The van der Waals surface area contributed by atoms with Crippen molar-refractivity contribution in [1.82, 2.24) is 0 Å². The maximum absolute atomic E-state index is 12.8. The maximum Gasteiger partial charge on any atom is 0.472 e. The van der Waals surface area contributed by atoms with Gasteiger partial charge in [0.2, 0.25) is 0 Å². The molecule has 0 bridgehead atoms. The highest BCUT2D eigenvalue weighted by Crippen LogP contribution is 2.43. The number of hydrogen-bond donors (Lipinski definition) is 1. The van der Waals surface area contributed by atoms with Crippen LogP contribution in [0.1, 0.15) is 181 Å². The molecule has 0 saturated heterocycles. The molecular formula is C58H97NO8P+. The Morgan fingerprint density at radius 2 is 0.853 bits per heavy atom. The highest BCUT2D eigenvalue weighted by molar-refractivity contribution is 7.47. The van der Waals surface area contributed by atoms with Gasteiger partial charge in [-0.25, -0.2) is 4.57 Å². The van der Waals surface area contributed by atoms with Crippen molar-refractivity contribution in [2.45, 2.75) is 187 Å². The fourth-order valence-corrected chi connectivity index (χ4v) is 7.16. The number of nitrogens with zero attached hydrogens (tertiary/aromatic N) is 1. The number of likely N-dealkylation sites (N-methyl/N-ethyl adjacent to an activating group) is 1. The summed E-state index contributed by atoms with van der Waals surface area (Å²) in [5.74, 6) is -0.893. The zero-order valence-electron chi connectivity index (χ0n) is 43.5. The number of phosphoric ester groups is 1. The Balaban J connectivity index is 4.42. The zero-order valence-corrected chi connectivity index (χ0v) is 44.4. The van der Waals surface area contributed by atoms with Gasteiger partial charge in [-0.2, -0.15) is 0 Å². The Kier molecular flexibility index (Phi) is 45.9. The van der Waals surface area contributed by atoms with Gasteiger partial charge in [-0.3, -0.25) is 18.6 Å². The minimum atomic E-state index is -4.41. The van der Waals surface area contributed by atoms with Gasteiger partial charge in [-0.15, -0.1) is 0 Å². The Morgan fingerprint density at radius 1 is 0.471 bits per heavy atom. The fraction of sp³-hybridized carbons (Fsp3) is 0.621. The van der Waals surface area contributed by atoms with E-state index in [2.05, 4.69) is 129 Å². The lowest BCUT2D eigenvalue weighted by Gasteiger charge is -2.24. The number of rotatable bonds is 46. The first kappa shape index (κ1) is 64.4. The summed E-state index contributed by atoms with van der Waals surface area (Å²) in [7, 11) is 1.41. The number of hydrogen-bond acceptors (Lipinski definition) is 7. The van der Waals surface area contributed by atoms with Crippen molar-refractivity contribution in [3.8, 4) is 0 Å². The van der Waals surface area contributed by atoms with Gasteiger partial charge in [0.15, 0.2) is 6.10 Å². The van der Waals surface area contributed by atoms with Gasteiger partial charge in [0, 0.05) is 12.8 Å². The number of allylic oxidation sites excluding steroid dienone is 20. The SMILES string of the molecule is CC/C=C\C/C=C\C/C=C\C/C=C\C/C=C\C/C=C\C/C=C\CCCC(=O)OC(COC(=O)CCCCCCCC/C=C\C/C=C\C/C=C\CCCCCCC)COP(=O)(O)OCC[N+](C)(C)C. The molecular weight excluding hydrogens is 870 g/mol.